The maximum absolute atomic E-state index is 10.0. The van der Waals surface area contributed by atoms with Crippen LogP contribution in [0.1, 0.15) is 43.0 Å². The van der Waals surface area contributed by atoms with Gasteiger partial charge in [0.25, 0.3) is 0 Å². The van der Waals surface area contributed by atoms with Gasteiger partial charge in [-0.1, -0.05) is 121 Å². The fraction of sp³-hybridized carbons (Fsp3) is 0.0612. The van der Waals surface area contributed by atoms with Crippen LogP contribution in [-0.4, -0.2) is 31.5 Å². The molecule has 0 amide bonds. The van der Waals surface area contributed by atoms with Crippen molar-refractivity contribution in [3.05, 3.63) is 168 Å². The van der Waals surface area contributed by atoms with E-state index in [0.717, 1.165) is 89.4 Å². The van der Waals surface area contributed by atoms with Crippen molar-refractivity contribution in [2.24, 2.45) is 0 Å². The van der Waals surface area contributed by atoms with Gasteiger partial charge < -0.3 is 9.97 Å². The Hall–Kier alpha value is -5.93. The predicted molar refractivity (Wildman–Crippen MR) is 227 cm³/mol. The predicted octanol–water partition coefficient (Wildman–Crippen LogP) is 11.9. The van der Waals surface area contributed by atoms with Crippen LogP contribution in [0.25, 0.3) is 90.9 Å². The zero-order valence-corrected chi connectivity index (χ0v) is 32.7. The number of rotatable bonds is 6. The molecule has 2 aliphatic heterocycles. The zero-order valence-electron chi connectivity index (χ0n) is 30.9. The third-order valence-electron chi connectivity index (χ3n) is 9.50. The first-order valence-electron chi connectivity index (χ1n) is 18.3. The first-order valence-corrected chi connectivity index (χ1v) is 18.3. The van der Waals surface area contributed by atoms with E-state index in [1.54, 1.807) is 0 Å². The number of aromatic nitrogens is 4. The number of carbonyl (C=O) groups excluding carboxylic acids is 2. The number of H-pyrrole nitrogens is 2. The number of benzene rings is 4. The summed E-state index contributed by atoms with van der Waals surface area (Å²) >= 11 is 0. The summed E-state index contributed by atoms with van der Waals surface area (Å²) in [6.07, 6.45) is 8.58. The van der Waals surface area contributed by atoms with Crippen molar-refractivity contribution in [2.75, 3.05) is 0 Å². The summed E-state index contributed by atoms with van der Waals surface area (Å²) in [5.41, 5.74) is 16.2. The third-order valence-corrected chi connectivity index (χ3v) is 9.50. The van der Waals surface area contributed by atoms with Crippen molar-refractivity contribution in [2.45, 2.75) is 20.3 Å². The van der Waals surface area contributed by atoms with Gasteiger partial charge in [0.1, 0.15) is 11.6 Å². The normalized spacial score (nSPS) is 11.3. The Bertz CT molecular complexity index is 2620. The molecule has 0 fully saturated rings. The van der Waals surface area contributed by atoms with E-state index < -0.39 is 0 Å². The van der Waals surface area contributed by atoms with Crippen LogP contribution in [0.3, 0.4) is 0 Å². The smallest absolute Gasteiger partial charge is 0.354 e. The molecule has 0 unspecified atom stereocenters. The van der Waals surface area contributed by atoms with Crippen molar-refractivity contribution in [3.63, 3.8) is 0 Å². The molecule has 0 saturated carbocycles. The quantitative estimate of drug-likeness (QED) is 0.163. The Kier molecular flexibility index (Phi) is 11.8. The molecule has 0 saturated heterocycles. The van der Waals surface area contributed by atoms with Crippen LogP contribution in [0.15, 0.2) is 146 Å². The first kappa shape index (κ1) is 38.3. The molecule has 5 heterocycles. The van der Waals surface area contributed by atoms with Gasteiger partial charge in [-0.15, -0.1) is 0 Å². The fourth-order valence-corrected chi connectivity index (χ4v) is 7.19. The summed E-state index contributed by atoms with van der Waals surface area (Å²) in [4.78, 5) is 38.4. The largest absolute Gasteiger partial charge is 3.00 e. The van der Waals surface area contributed by atoms with Crippen molar-refractivity contribution < 1.29 is 46.9 Å². The Morgan fingerprint density at radius 3 is 0.964 bits per heavy atom. The van der Waals surface area contributed by atoms with E-state index in [1.165, 1.54) is 13.8 Å². The zero-order chi connectivity index (χ0) is 37.7. The number of nitrogens with zero attached hydrogens (tertiary/aromatic N) is 2. The fourth-order valence-electron chi connectivity index (χ4n) is 7.19. The number of nitrogens with one attached hydrogen (secondary N) is 2. The number of ketones is 2. The number of carbonyl (C=O) groups is 2. The van der Waals surface area contributed by atoms with Gasteiger partial charge >= 0.3 is 37.3 Å². The SMILES string of the molecule is C1=Cc2nc1c(-c1ccccc1)c1nc(c(-c3ccccc3)c3ccc([nH]3)c(-c3ccccc3)c3ccc([nH]3)c2-c2ccccc2)C=C1.CC(=O)CC(C)=O.[Er+3]. The van der Waals surface area contributed by atoms with Crippen molar-refractivity contribution in [1.29, 1.82) is 0 Å². The number of aromatic amines is 2. The van der Waals surface area contributed by atoms with E-state index in [9.17, 15) is 9.59 Å². The van der Waals surface area contributed by atoms with E-state index in [2.05, 4.69) is 162 Å². The van der Waals surface area contributed by atoms with Gasteiger partial charge in [-0.2, -0.15) is 0 Å². The summed E-state index contributed by atoms with van der Waals surface area (Å²) in [5.74, 6) is -0.125. The Labute approximate surface area is 355 Å². The van der Waals surface area contributed by atoms with E-state index >= 15 is 0 Å². The molecule has 0 aliphatic carbocycles. The molecule has 2 aliphatic rings. The second-order valence-electron chi connectivity index (χ2n) is 13.5. The van der Waals surface area contributed by atoms with Crippen molar-refractivity contribution in [1.82, 2.24) is 19.9 Å². The Morgan fingerprint density at radius 1 is 0.393 bits per heavy atom. The van der Waals surface area contributed by atoms with E-state index in [0.29, 0.717) is 0 Å². The Morgan fingerprint density at radius 2 is 0.661 bits per heavy atom. The molecular weight excluding hydrogens is 844 g/mol. The van der Waals surface area contributed by atoms with Gasteiger partial charge in [-0.25, -0.2) is 9.97 Å². The third kappa shape index (κ3) is 8.18. The molecular formula is C49H38ErN4O2+3. The number of fused-ring (bicyclic) bond motifs is 8. The molecule has 56 heavy (non-hydrogen) atoms. The van der Waals surface area contributed by atoms with Crippen molar-refractivity contribution in [3.8, 4) is 44.5 Å². The molecule has 4 aromatic carbocycles. The molecule has 0 spiro atoms. The molecule has 2 N–H and O–H groups in total. The minimum atomic E-state index is -0.0625. The van der Waals surface area contributed by atoms with Crippen molar-refractivity contribution >= 4 is 57.9 Å². The number of Topliss-reactive ketones (excluding diaryl/α,β-unsaturated/α-hetero) is 2. The Balaban J connectivity index is 0.000000552. The van der Waals surface area contributed by atoms with Crippen LogP contribution < -0.4 is 0 Å². The second kappa shape index (κ2) is 17.3. The average Bonchev–Trinajstić information content (AvgIpc) is 4.04. The average molecular weight is 882 g/mol. The van der Waals surface area contributed by atoms with Crippen LogP contribution >= 0.6 is 0 Å². The summed E-state index contributed by atoms with van der Waals surface area (Å²) < 4.78 is 0. The van der Waals surface area contributed by atoms with Gasteiger partial charge in [0, 0.05) is 44.3 Å². The number of hydrogen-bond donors (Lipinski definition) is 2. The van der Waals surface area contributed by atoms with Gasteiger partial charge in [0.15, 0.2) is 0 Å². The first-order chi connectivity index (χ1) is 26.9. The molecule has 8 bridgehead atoms. The summed E-state index contributed by atoms with van der Waals surface area (Å²) in [6.45, 7) is 2.81. The van der Waals surface area contributed by atoms with Gasteiger partial charge in [0.05, 0.1) is 29.2 Å². The molecule has 1 radical (unpaired) electrons. The van der Waals surface area contributed by atoms with Gasteiger partial charge in [0.2, 0.25) is 0 Å². The van der Waals surface area contributed by atoms with Crippen LogP contribution in [-0.2, 0) is 9.59 Å². The van der Waals surface area contributed by atoms with E-state index in [-0.39, 0.29) is 55.3 Å². The van der Waals surface area contributed by atoms with Crippen LogP contribution in [0, 0.1) is 37.3 Å². The van der Waals surface area contributed by atoms with E-state index in [4.69, 9.17) is 9.97 Å². The maximum Gasteiger partial charge on any atom is 3.00 e. The monoisotopic (exact) mass is 880 g/mol. The number of hydrogen-bond acceptors (Lipinski definition) is 4. The van der Waals surface area contributed by atoms with Crippen LogP contribution in [0.5, 0.6) is 0 Å². The molecule has 0 atom stereocenters. The molecule has 275 valence electrons. The molecule has 7 heteroatoms. The van der Waals surface area contributed by atoms with Crippen LogP contribution in [0.2, 0.25) is 0 Å². The summed E-state index contributed by atoms with van der Waals surface area (Å²) in [5, 5.41) is 0. The van der Waals surface area contributed by atoms with E-state index in [1.807, 2.05) is 18.2 Å². The maximum atomic E-state index is 10.0. The van der Waals surface area contributed by atoms with Gasteiger partial charge in [-0.05, 0) is 84.7 Å². The molecule has 7 aromatic rings. The molecule has 3 aromatic heterocycles. The second-order valence-corrected chi connectivity index (χ2v) is 13.5. The minimum absolute atomic E-state index is 0. The topological polar surface area (TPSA) is 91.5 Å². The summed E-state index contributed by atoms with van der Waals surface area (Å²) in [7, 11) is 0. The van der Waals surface area contributed by atoms with Gasteiger partial charge in [-0.3, -0.25) is 9.59 Å². The minimum Gasteiger partial charge on any atom is -0.354 e. The summed E-state index contributed by atoms with van der Waals surface area (Å²) in [6, 6.07) is 50.7. The van der Waals surface area contributed by atoms with Crippen LogP contribution in [0.4, 0.5) is 0 Å². The standard InChI is InChI=1S/C44H30N4.C5H8O2.Er/c1-5-13-29(14-6-1)41-33-21-23-35(45-33)42(30-15-7-2-8-16-30)37-25-27-39(47-37)44(32-19-11-4-12-20-32)40-28-26-38(48-40)43(31-17-9-3-10-18-31)36-24-22-34(41)46-36;1-4(6)3-5(2)7;/h1-28,45-46H;3H2,1-2H3;/q;;+3. The molecule has 6 nitrogen and oxygen atoms in total. The molecule has 9 rings (SSSR count).